The molecule has 0 aliphatic rings. The van der Waals surface area contributed by atoms with Gasteiger partial charge < -0.3 is 9.88 Å². The predicted molar refractivity (Wildman–Crippen MR) is 71.1 cm³/mol. The molecule has 1 atom stereocenters. The highest BCUT2D eigenvalue weighted by molar-refractivity contribution is 5.91. The molecule has 86 valence electrons. The Morgan fingerprint density at radius 1 is 1.41 bits per heavy atom. The van der Waals surface area contributed by atoms with E-state index in [9.17, 15) is 4.79 Å². The van der Waals surface area contributed by atoms with Crippen LogP contribution in [0.1, 0.15) is 6.92 Å². The number of para-hydroxylation sites is 1. The summed E-state index contributed by atoms with van der Waals surface area (Å²) in [5.41, 5.74) is 1.64. The number of nitrogens with one attached hydrogen (secondary N) is 1. The Labute approximate surface area is 100 Å². The molecule has 0 spiro atoms. The first-order chi connectivity index (χ1) is 8.13. The largest absolute Gasteiger partial charge is 0.371 e. The summed E-state index contributed by atoms with van der Waals surface area (Å²) in [6, 6.07) is 9.22. The standard InChI is InChI=1S/C14H14N2O/c1-4-10(2)15-12-9-14(17)16(3)13-8-6-5-7-11(12)13/h1,5-10,15H,2-3H3. The van der Waals surface area contributed by atoms with Crippen LogP contribution in [0, 0.1) is 12.3 Å². The maximum atomic E-state index is 11.8. The third-order valence-corrected chi connectivity index (χ3v) is 2.78. The molecule has 1 heterocycles. The fraction of sp³-hybridized carbons (Fsp3) is 0.214. The number of aryl methyl sites for hydroxylation is 1. The summed E-state index contributed by atoms with van der Waals surface area (Å²) < 4.78 is 1.63. The lowest BCUT2D eigenvalue weighted by Crippen LogP contribution is -2.20. The number of benzene rings is 1. The van der Waals surface area contributed by atoms with Gasteiger partial charge in [0, 0.05) is 24.2 Å². The first kappa shape index (κ1) is 11.3. The summed E-state index contributed by atoms with van der Waals surface area (Å²) in [6.45, 7) is 1.88. The minimum absolute atomic E-state index is 0.0459. The van der Waals surface area contributed by atoms with Gasteiger partial charge in [0.25, 0.3) is 5.56 Å². The van der Waals surface area contributed by atoms with E-state index in [0.717, 1.165) is 16.6 Å². The van der Waals surface area contributed by atoms with E-state index in [2.05, 4.69) is 11.2 Å². The topological polar surface area (TPSA) is 34.0 Å². The van der Waals surface area contributed by atoms with Crippen LogP contribution in [0.3, 0.4) is 0 Å². The Morgan fingerprint density at radius 2 is 2.12 bits per heavy atom. The van der Waals surface area contributed by atoms with Crippen LogP contribution in [0.25, 0.3) is 10.9 Å². The number of hydrogen-bond donors (Lipinski definition) is 1. The number of pyridine rings is 1. The van der Waals surface area contributed by atoms with E-state index < -0.39 is 0 Å². The summed E-state index contributed by atoms with van der Waals surface area (Å²) in [5.74, 6) is 2.59. The molecule has 2 rings (SSSR count). The van der Waals surface area contributed by atoms with Gasteiger partial charge in [0.2, 0.25) is 0 Å². The monoisotopic (exact) mass is 226 g/mol. The zero-order valence-electron chi connectivity index (χ0n) is 9.90. The molecule has 1 N–H and O–H groups in total. The van der Waals surface area contributed by atoms with E-state index in [-0.39, 0.29) is 11.6 Å². The quantitative estimate of drug-likeness (QED) is 0.794. The van der Waals surface area contributed by atoms with Crippen molar-refractivity contribution >= 4 is 16.6 Å². The lowest BCUT2D eigenvalue weighted by Gasteiger charge is -2.13. The van der Waals surface area contributed by atoms with Crippen LogP contribution in [-0.2, 0) is 7.05 Å². The third kappa shape index (κ3) is 2.02. The Bertz CT molecular complexity index is 649. The summed E-state index contributed by atoms with van der Waals surface area (Å²) >= 11 is 0. The van der Waals surface area contributed by atoms with Gasteiger partial charge in [-0.2, -0.15) is 0 Å². The molecular formula is C14H14N2O. The van der Waals surface area contributed by atoms with Crippen LogP contribution in [0.2, 0.25) is 0 Å². The number of hydrogen-bond acceptors (Lipinski definition) is 2. The van der Waals surface area contributed by atoms with E-state index in [1.165, 1.54) is 0 Å². The fourth-order valence-electron chi connectivity index (χ4n) is 1.80. The van der Waals surface area contributed by atoms with Crippen molar-refractivity contribution in [1.82, 2.24) is 4.57 Å². The van der Waals surface area contributed by atoms with Crippen LogP contribution < -0.4 is 10.9 Å². The zero-order valence-corrected chi connectivity index (χ0v) is 9.90. The number of anilines is 1. The Morgan fingerprint density at radius 3 is 2.82 bits per heavy atom. The van der Waals surface area contributed by atoms with Crippen molar-refractivity contribution < 1.29 is 0 Å². The molecule has 3 nitrogen and oxygen atoms in total. The number of aromatic nitrogens is 1. The maximum Gasteiger partial charge on any atom is 0.252 e. The number of terminal acetylenes is 1. The molecule has 17 heavy (non-hydrogen) atoms. The van der Waals surface area contributed by atoms with Crippen LogP contribution >= 0.6 is 0 Å². The molecule has 2 aromatic rings. The molecule has 1 unspecified atom stereocenters. The lowest BCUT2D eigenvalue weighted by molar-refractivity contribution is 0.904. The number of fused-ring (bicyclic) bond motifs is 1. The molecule has 0 aliphatic carbocycles. The van der Waals surface area contributed by atoms with E-state index in [1.807, 2.05) is 31.2 Å². The van der Waals surface area contributed by atoms with Gasteiger partial charge in [-0.3, -0.25) is 4.79 Å². The second-order valence-corrected chi connectivity index (χ2v) is 4.01. The van der Waals surface area contributed by atoms with Gasteiger partial charge in [-0.15, -0.1) is 6.42 Å². The molecule has 3 heteroatoms. The minimum atomic E-state index is -0.106. The van der Waals surface area contributed by atoms with Crippen LogP contribution in [0.15, 0.2) is 35.1 Å². The zero-order chi connectivity index (χ0) is 12.4. The van der Waals surface area contributed by atoms with Crippen molar-refractivity contribution in [3.8, 4) is 12.3 Å². The van der Waals surface area contributed by atoms with Gasteiger partial charge in [-0.25, -0.2) is 0 Å². The lowest BCUT2D eigenvalue weighted by atomic mass is 10.1. The fourth-order valence-corrected chi connectivity index (χ4v) is 1.80. The van der Waals surface area contributed by atoms with Crippen molar-refractivity contribution in [1.29, 1.82) is 0 Å². The molecule has 0 saturated carbocycles. The van der Waals surface area contributed by atoms with Gasteiger partial charge in [0.15, 0.2) is 0 Å². The van der Waals surface area contributed by atoms with Gasteiger partial charge in [-0.05, 0) is 13.0 Å². The summed E-state index contributed by atoms with van der Waals surface area (Å²) in [6.07, 6.45) is 5.34. The molecule has 0 radical (unpaired) electrons. The molecule has 1 aromatic carbocycles. The van der Waals surface area contributed by atoms with Crippen LogP contribution in [0.4, 0.5) is 5.69 Å². The maximum absolute atomic E-state index is 11.8. The van der Waals surface area contributed by atoms with Gasteiger partial charge in [-0.1, -0.05) is 24.1 Å². The van der Waals surface area contributed by atoms with E-state index in [1.54, 1.807) is 17.7 Å². The molecular weight excluding hydrogens is 212 g/mol. The SMILES string of the molecule is C#CC(C)Nc1cc(=O)n(C)c2ccccc12. The van der Waals surface area contributed by atoms with Gasteiger partial charge in [0.05, 0.1) is 11.6 Å². The van der Waals surface area contributed by atoms with E-state index in [4.69, 9.17) is 6.42 Å². The van der Waals surface area contributed by atoms with Gasteiger partial charge >= 0.3 is 0 Å². The van der Waals surface area contributed by atoms with E-state index >= 15 is 0 Å². The first-order valence-electron chi connectivity index (χ1n) is 5.45. The molecule has 0 bridgehead atoms. The van der Waals surface area contributed by atoms with E-state index in [0.29, 0.717) is 0 Å². The highest BCUT2D eigenvalue weighted by Gasteiger charge is 2.07. The average Bonchev–Trinajstić information content (AvgIpc) is 2.35. The van der Waals surface area contributed by atoms with Crippen molar-refractivity contribution in [2.75, 3.05) is 5.32 Å². The highest BCUT2D eigenvalue weighted by Crippen LogP contribution is 2.21. The number of rotatable bonds is 2. The average molecular weight is 226 g/mol. The van der Waals surface area contributed by atoms with Gasteiger partial charge in [0.1, 0.15) is 0 Å². The Kier molecular flexibility index (Phi) is 2.88. The molecule has 0 aliphatic heterocycles. The van der Waals surface area contributed by atoms with Crippen LogP contribution in [0.5, 0.6) is 0 Å². The first-order valence-corrected chi connectivity index (χ1v) is 5.45. The molecule has 0 saturated heterocycles. The summed E-state index contributed by atoms with van der Waals surface area (Å²) in [7, 11) is 1.76. The summed E-state index contributed by atoms with van der Waals surface area (Å²) in [4.78, 5) is 11.8. The van der Waals surface area contributed by atoms with Crippen molar-refractivity contribution in [2.45, 2.75) is 13.0 Å². The molecule has 0 amide bonds. The van der Waals surface area contributed by atoms with Crippen molar-refractivity contribution in [3.63, 3.8) is 0 Å². The van der Waals surface area contributed by atoms with Crippen molar-refractivity contribution in [3.05, 3.63) is 40.7 Å². The van der Waals surface area contributed by atoms with Crippen molar-refractivity contribution in [2.24, 2.45) is 7.05 Å². The number of nitrogens with zero attached hydrogens (tertiary/aromatic N) is 1. The smallest absolute Gasteiger partial charge is 0.252 e. The van der Waals surface area contributed by atoms with Crippen LogP contribution in [-0.4, -0.2) is 10.6 Å². The molecule has 0 fully saturated rings. The Balaban J connectivity index is 2.68. The highest BCUT2D eigenvalue weighted by atomic mass is 16.1. The second kappa shape index (κ2) is 4.34. The Hall–Kier alpha value is -2.21. The predicted octanol–water partition coefficient (Wildman–Crippen LogP) is 1.97. The normalized spacial score (nSPS) is 12.1. The molecule has 1 aromatic heterocycles. The minimum Gasteiger partial charge on any atom is -0.371 e. The summed E-state index contributed by atoms with van der Waals surface area (Å²) in [5, 5.41) is 4.15. The third-order valence-electron chi connectivity index (χ3n) is 2.78. The second-order valence-electron chi connectivity index (χ2n) is 4.01.